The molecule has 3 rings (SSSR count). The van der Waals surface area contributed by atoms with E-state index in [0.717, 1.165) is 53.6 Å². The van der Waals surface area contributed by atoms with Crippen LogP contribution in [0, 0.1) is 25.2 Å². The third-order valence-electron chi connectivity index (χ3n) is 4.80. The minimum absolute atomic E-state index is 0.319. The van der Waals surface area contributed by atoms with Gasteiger partial charge in [0.05, 0.1) is 19.8 Å². The van der Waals surface area contributed by atoms with Gasteiger partial charge < -0.3 is 14.4 Å². The molecule has 1 fully saturated rings. The standard InChI is InChI=1S/C20H23N3O2/c1-13-10-14(2)22-20(17(13)11-21)23-9-8-15(12-23)16-6-5-7-18(24-3)19(16)25-4/h5-7,10,15H,8-9,12H2,1-4H3. The number of benzene rings is 1. The van der Waals surface area contributed by atoms with Crippen molar-refractivity contribution in [3.05, 3.63) is 46.6 Å². The smallest absolute Gasteiger partial charge is 0.164 e. The average Bonchev–Trinajstić information content (AvgIpc) is 3.10. The fourth-order valence-corrected chi connectivity index (χ4v) is 3.62. The number of anilines is 1. The second-order valence-corrected chi connectivity index (χ2v) is 6.41. The number of ether oxygens (including phenoxy) is 2. The van der Waals surface area contributed by atoms with Crippen molar-refractivity contribution in [3.63, 3.8) is 0 Å². The Labute approximate surface area is 148 Å². The van der Waals surface area contributed by atoms with Gasteiger partial charge in [-0.05, 0) is 38.0 Å². The maximum Gasteiger partial charge on any atom is 0.164 e. The zero-order chi connectivity index (χ0) is 18.0. The lowest BCUT2D eigenvalue weighted by Crippen LogP contribution is -2.22. The fraction of sp³-hybridized carbons (Fsp3) is 0.400. The van der Waals surface area contributed by atoms with Crippen LogP contribution in [0.15, 0.2) is 24.3 Å². The van der Waals surface area contributed by atoms with E-state index in [9.17, 15) is 5.26 Å². The van der Waals surface area contributed by atoms with Crippen molar-refractivity contribution in [2.45, 2.75) is 26.2 Å². The SMILES string of the molecule is COc1cccc(C2CCN(c3nc(C)cc(C)c3C#N)C2)c1OC. The summed E-state index contributed by atoms with van der Waals surface area (Å²) in [6.07, 6.45) is 0.989. The van der Waals surface area contributed by atoms with E-state index in [4.69, 9.17) is 9.47 Å². The van der Waals surface area contributed by atoms with E-state index >= 15 is 0 Å². The topological polar surface area (TPSA) is 58.4 Å². The molecule has 1 aliphatic heterocycles. The number of hydrogen-bond donors (Lipinski definition) is 0. The highest BCUT2D eigenvalue weighted by molar-refractivity contribution is 5.59. The molecule has 1 saturated heterocycles. The van der Waals surface area contributed by atoms with Gasteiger partial charge >= 0.3 is 0 Å². The van der Waals surface area contributed by atoms with Crippen LogP contribution in [0.4, 0.5) is 5.82 Å². The molecule has 25 heavy (non-hydrogen) atoms. The van der Waals surface area contributed by atoms with Gasteiger partial charge in [-0.3, -0.25) is 0 Å². The van der Waals surface area contributed by atoms with Gasteiger partial charge in [0.15, 0.2) is 11.5 Å². The summed E-state index contributed by atoms with van der Waals surface area (Å²) in [6.45, 7) is 5.62. The summed E-state index contributed by atoms with van der Waals surface area (Å²) in [6, 6.07) is 10.3. The van der Waals surface area contributed by atoms with Crippen LogP contribution in [0.1, 0.15) is 34.7 Å². The number of rotatable bonds is 4. The van der Waals surface area contributed by atoms with Crippen molar-refractivity contribution in [1.29, 1.82) is 5.26 Å². The summed E-state index contributed by atoms with van der Waals surface area (Å²) in [5.74, 6) is 2.66. The Morgan fingerprint density at radius 3 is 2.72 bits per heavy atom. The minimum Gasteiger partial charge on any atom is -0.493 e. The summed E-state index contributed by atoms with van der Waals surface area (Å²) >= 11 is 0. The second-order valence-electron chi connectivity index (χ2n) is 6.41. The van der Waals surface area contributed by atoms with Crippen LogP contribution in [-0.2, 0) is 0 Å². The number of hydrogen-bond acceptors (Lipinski definition) is 5. The number of para-hydroxylation sites is 1. The Morgan fingerprint density at radius 1 is 1.24 bits per heavy atom. The monoisotopic (exact) mass is 337 g/mol. The normalized spacial score (nSPS) is 16.6. The summed E-state index contributed by atoms with van der Waals surface area (Å²) in [7, 11) is 3.33. The van der Waals surface area contributed by atoms with Crippen molar-refractivity contribution < 1.29 is 9.47 Å². The molecule has 0 bridgehead atoms. The molecule has 1 unspecified atom stereocenters. The molecule has 0 N–H and O–H groups in total. The van der Waals surface area contributed by atoms with E-state index in [0.29, 0.717) is 11.5 Å². The summed E-state index contributed by atoms with van der Waals surface area (Å²) in [5, 5.41) is 9.53. The average molecular weight is 337 g/mol. The predicted octanol–water partition coefficient (Wildman–Crippen LogP) is 3.58. The first-order chi connectivity index (χ1) is 12.1. The Kier molecular flexibility index (Phi) is 4.80. The van der Waals surface area contributed by atoms with Gasteiger partial charge in [0.25, 0.3) is 0 Å². The summed E-state index contributed by atoms with van der Waals surface area (Å²) in [5.41, 5.74) is 3.73. The molecule has 0 saturated carbocycles. The van der Waals surface area contributed by atoms with Gasteiger partial charge in [0.2, 0.25) is 0 Å². The van der Waals surface area contributed by atoms with Gasteiger partial charge in [-0.25, -0.2) is 4.98 Å². The molecule has 130 valence electrons. The molecule has 0 amide bonds. The first kappa shape index (κ1) is 17.1. The second kappa shape index (κ2) is 7.02. The van der Waals surface area contributed by atoms with Gasteiger partial charge in [0.1, 0.15) is 11.9 Å². The predicted molar refractivity (Wildman–Crippen MR) is 97.5 cm³/mol. The zero-order valence-corrected chi connectivity index (χ0v) is 15.2. The van der Waals surface area contributed by atoms with Crippen LogP contribution in [-0.4, -0.2) is 32.3 Å². The fourth-order valence-electron chi connectivity index (χ4n) is 3.62. The molecule has 0 radical (unpaired) electrons. The molecule has 1 aromatic carbocycles. The highest BCUT2D eigenvalue weighted by atomic mass is 16.5. The Balaban J connectivity index is 1.93. The quantitative estimate of drug-likeness (QED) is 0.853. The van der Waals surface area contributed by atoms with E-state index in [1.807, 2.05) is 32.0 Å². The molecule has 0 spiro atoms. The first-order valence-corrected chi connectivity index (χ1v) is 8.43. The molecule has 2 aromatic rings. The van der Waals surface area contributed by atoms with Gasteiger partial charge in [-0.15, -0.1) is 0 Å². The van der Waals surface area contributed by atoms with Gasteiger partial charge in [-0.2, -0.15) is 5.26 Å². The third kappa shape index (κ3) is 3.12. The van der Waals surface area contributed by atoms with Gasteiger partial charge in [-0.1, -0.05) is 12.1 Å². The number of methoxy groups -OCH3 is 2. The van der Waals surface area contributed by atoms with E-state index < -0.39 is 0 Å². The van der Waals surface area contributed by atoms with Crippen LogP contribution >= 0.6 is 0 Å². The first-order valence-electron chi connectivity index (χ1n) is 8.43. The number of pyridine rings is 1. The van der Waals surface area contributed by atoms with Crippen LogP contribution in [0.5, 0.6) is 11.5 Å². The Hall–Kier alpha value is -2.74. The molecule has 0 aliphatic carbocycles. The summed E-state index contributed by atoms with van der Waals surface area (Å²) < 4.78 is 11.0. The van der Waals surface area contributed by atoms with E-state index in [1.165, 1.54) is 0 Å². The van der Waals surface area contributed by atoms with Crippen molar-refractivity contribution in [2.24, 2.45) is 0 Å². The van der Waals surface area contributed by atoms with E-state index in [2.05, 4.69) is 22.0 Å². The minimum atomic E-state index is 0.319. The lowest BCUT2D eigenvalue weighted by atomic mass is 9.97. The maximum atomic E-state index is 9.53. The lowest BCUT2D eigenvalue weighted by molar-refractivity contribution is 0.350. The van der Waals surface area contributed by atoms with Crippen LogP contribution in [0.3, 0.4) is 0 Å². The largest absolute Gasteiger partial charge is 0.493 e. The Bertz CT molecular complexity index is 826. The number of nitrogens with zero attached hydrogens (tertiary/aromatic N) is 3. The highest BCUT2D eigenvalue weighted by Gasteiger charge is 2.29. The Morgan fingerprint density at radius 2 is 2.04 bits per heavy atom. The number of nitriles is 1. The van der Waals surface area contributed by atoms with Crippen molar-refractivity contribution in [1.82, 2.24) is 4.98 Å². The highest BCUT2D eigenvalue weighted by Crippen LogP contribution is 2.40. The molecule has 2 heterocycles. The summed E-state index contributed by atoms with van der Waals surface area (Å²) in [4.78, 5) is 6.85. The van der Waals surface area contributed by atoms with Crippen molar-refractivity contribution >= 4 is 5.82 Å². The van der Waals surface area contributed by atoms with Crippen molar-refractivity contribution in [3.8, 4) is 17.6 Å². The molecule has 1 aliphatic rings. The van der Waals surface area contributed by atoms with Crippen LogP contribution in [0.25, 0.3) is 0 Å². The van der Waals surface area contributed by atoms with E-state index in [1.54, 1.807) is 14.2 Å². The molecule has 1 aromatic heterocycles. The number of aryl methyl sites for hydroxylation is 2. The van der Waals surface area contributed by atoms with E-state index in [-0.39, 0.29) is 0 Å². The molecule has 5 heteroatoms. The van der Waals surface area contributed by atoms with Crippen molar-refractivity contribution in [2.75, 3.05) is 32.2 Å². The molecule has 5 nitrogen and oxygen atoms in total. The third-order valence-corrected chi connectivity index (χ3v) is 4.80. The maximum absolute atomic E-state index is 9.53. The molecular weight excluding hydrogens is 314 g/mol. The molecule has 1 atom stereocenters. The zero-order valence-electron chi connectivity index (χ0n) is 15.2. The lowest BCUT2D eigenvalue weighted by Gasteiger charge is -2.21. The van der Waals surface area contributed by atoms with Crippen LogP contribution < -0.4 is 14.4 Å². The number of aromatic nitrogens is 1. The molecular formula is C20H23N3O2. The van der Waals surface area contributed by atoms with Crippen LogP contribution in [0.2, 0.25) is 0 Å². The van der Waals surface area contributed by atoms with Gasteiger partial charge in [0, 0.05) is 30.3 Å².